The van der Waals surface area contributed by atoms with E-state index in [4.69, 9.17) is 10.2 Å². The molecule has 0 spiro atoms. The summed E-state index contributed by atoms with van der Waals surface area (Å²) >= 11 is 0. The van der Waals surface area contributed by atoms with Crippen molar-refractivity contribution < 1.29 is 26.7 Å². The molecule has 0 saturated carbocycles. The number of nitrogens with two attached hydrogens (primary N) is 1. The second-order valence-corrected chi connectivity index (χ2v) is 3.11. The van der Waals surface area contributed by atoms with Crippen LogP contribution < -0.4 is 5.73 Å². The predicted octanol–water partition coefficient (Wildman–Crippen LogP) is 2.20. The molecule has 1 heterocycles. The van der Waals surface area contributed by atoms with Crippen LogP contribution in [0.1, 0.15) is 11.9 Å². The van der Waals surface area contributed by atoms with Crippen molar-refractivity contribution in [3.8, 4) is 0 Å². The van der Waals surface area contributed by atoms with Crippen LogP contribution in [0.2, 0.25) is 0 Å². The molecule has 3 nitrogen and oxygen atoms in total. The summed E-state index contributed by atoms with van der Waals surface area (Å²) in [6, 6.07) is 2.99. The quantitative estimate of drug-likeness (QED) is 0.776. The van der Waals surface area contributed by atoms with Crippen LogP contribution in [0.4, 0.5) is 17.6 Å². The van der Waals surface area contributed by atoms with Gasteiger partial charge in [-0.2, -0.15) is 8.78 Å². The molecular formula is C9H11F4NO2. The van der Waals surface area contributed by atoms with Gasteiger partial charge in [0.1, 0.15) is 18.5 Å². The summed E-state index contributed by atoms with van der Waals surface area (Å²) in [6.45, 7) is -1.53. The van der Waals surface area contributed by atoms with Crippen LogP contribution in [0.5, 0.6) is 0 Å². The van der Waals surface area contributed by atoms with Crippen molar-refractivity contribution >= 4 is 0 Å². The molecule has 1 atom stereocenters. The number of rotatable bonds is 6. The molecule has 0 fully saturated rings. The van der Waals surface area contributed by atoms with Crippen molar-refractivity contribution in [3.05, 3.63) is 24.2 Å². The third kappa shape index (κ3) is 3.21. The number of hydrogen-bond donors (Lipinski definition) is 1. The second kappa shape index (κ2) is 5.31. The summed E-state index contributed by atoms with van der Waals surface area (Å²) in [5.41, 5.74) is 5.25. The number of halogens is 4. The minimum atomic E-state index is -4.18. The third-order valence-electron chi connectivity index (χ3n) is 1.87. The van der Waals surface area contributed by atoms with E-state index in [1.807, 2.05) is 0 Å². The van der Waals surface area contributed by atoms with Crippen LogP contribution in [-0.2, 0) is 4.74 Å². The molecule has 0 aliphatic rings. The van der Waals surface area contributed by atoms with Gasteiger partial charge in [0, 0.05) is 6.54 Å². The topological polar surface area (TPSA) is 48.4 Å². The van der Waals surface area contributed by atoms with Crippen molar-refractivity contribution in [2.24, 2.45) is 5.73 Å². The van der Waals surface area contributed by atoms with Gasteiger partial charge in [0.15, 0.2) is 0 Å². The van der Waals surface area contributed by atoms with Gasteiger partial charge < -0.3 is 14.9 Å². The van der Waals surface area contributed by atoms with Gasteiger partial charge in [-0.05, 0) is 12.1 Å². The van der Waals surface area contributed by atoms with E-state index in [1.165, 1.54) is 18.4 Å². The normalized spacial score (nSPS) is 14.4. The van der Waals surface area contributed by atoms with Crippen LogP contribution in [0.15, 0.2) is 22.8 Å². The average Bonchev–Trinajstić information content (AvgIpc) is 2.71. The number of alkyl halides is 4. The van der Waals surface area contributed by atoms with E-state index in [1.54, 1.807) is 0 Å². The molecule has 0 radical (unpaired) electrons. The zero-order chi connectivity index (χ0) is 12.2. The van der Waals surface area contributed by atoms with Crippen molar-refractivity contribution in [2.45, 2.75) is 18.5 Å². The second-order valence-electron chi connectivity index (χ2n) is 3.11. The minimum Gasteiger partial charge on any atom is -0.467 e. The summed E-state index contributed by atoms with van der Waals surface area (Å²) in [7, 11) is 0. The van der Waals surface area contributed by atoms with Gasteiger partial charge in [-0.1, -0.05) is 0 Å². The Balaban J connectivity index is 2.53. The molecule has 1 unspecified atom stereocenters. The van der Waals surface area contributed by atoms with Gasteiger partial charge in [0.2, 0.25) is 0 Å². The van der Waals surface area contributed by atoms with Crippen LogP contribution in [0, 0.1) is 0 Å². The molecule has 92 valence electrons. The summed E-state index contributed by atoms with van der Waals surface area (Å²) in [5, 5.41) is 0. The van der Waals surface area contributed by atoms with E-state index >= 15 is 0 Å². The van der Waals surface area contributed by atoms with Gasteiger partial charge in [0.25, 0.3) is 0 Å². The molecule has 0 aromatic carbocycles. The molecule has 0 bridgehead atoms. The first kappa shape index (κ1) is 13.0. The smallest absolute Gasteiger partial charge is 0.330 e. The van der Waals surface area contributed by atoms with Gasteiger partial charge in [-0.25, -0.2) is 8.78 Å². The SMILES string of the molecule is NCC(OCC(F)(F)C(F)F)c1ccco1. The lowest BCUT2D eigenvalue weighted by atomic mass is 10.2. The Labute approximate surface area is 89.2 Å². The highest BCUT2D eigenvalue weighted by Crippen LogP contribution is 2.26. The molecular weight excluding hydrogens is 230 g/mol. The lowest BCUT2D eigenvalue weighted by molar-refractivity contribution is -0.177. The van der Waals surface area contributed by atoms with Crippen LogP contribution in [0.3, 0.4) is 0 Å². The van der Waals surface area contributed by atoms with E-state index in [-0.39, 0.29) is 12.3 Å². The maximum Gasteiger partial charge on any atom is 0.330 e. The molecule has 0 aliphatic carbocycles. The maximum atomic E-state index is 12.5. The van der Waals surface area contributed by atoms with Gasteiger partial charge in [-0.3, -0.25) is 0 Å². The standard InChI is InChI=1S/C9H11F4NO2/c10-8(11)9(12,13)5-16-7(4-14)6-2-1-3-15-6/h1-3,7-8H,4-5,14H2. The first-order chi connectivity index (χ1) is 7.47. The summed E-state index contributed by atoms with van der Waals surface area (Å²) in [4.78, 5) is 0. The molecule has 0 aliphatic heterocycles. The third-order valence-corrected chi connectivity index (χ3v) is 1.87. The van der Waals surface area contributed by atoms with Gasteiger partial charge >= 0.3 is 12.3 Å². The highest BCUT2D eigenvalue weighted by atomic mass is 19.3. The lowest BCUT2D eigenvalue weighted by Crippen LogP contribution is -2.34. The molecule has 2 N–H and O–H groups in total. The molecule has 0 saturated heterocycles. The van der Waals surface area contributed by atoms with E-state index < -0.39 is 25.1 Å². The average molecular weight is 241 g/mol. The first-order valence-electron chi connectivity index (χ1n) is 4.48. The van der Waals surface area contributed by atoms with Crippen molar-refractivity contribution in [3.63, 3.8) is 0 Å². The fourth-order valence-electron chi connectivity index (χ4n) is 1.02. The Morgan fingerprint density at radius 2 is 2.12 bits per heavy atom. The lowest BCUT2D eigenvalue weighted by Gasteiger charge is -2.19. The highest BCUT2D eigenvalue weighted by molar-refractivity contribution is 5.02. The van der Waals surface area contributed by atoms with Crippen molar-refractivity contribution in [2.75, 3.05) is 13.2 Å². The Morgan fingerprint density at radius 1 is 1.44 bits per heavy atom. The first-order valence-corrected chi connectivity index (χ1v) is 4.48. The van der Waals surface area contributed by atoms with E-state index in [9.17, 15) is 17.6 Å². The fraction of sp³-hybridized carbons (Fsp3) is 0.556. The number of hydrogen-bond acceptors (Lipinski definition) is 3. The Bertz CT molecular complexity index is 302. The molecule has 7 heteroatoms. The summed E-state index contributed by atoms with van der Waals surface area (Å²) in [6.07, 6.45) is -3.39. The maximum absolute atomic E-state index is 12.5. The van der Waals surface area contributed by atoms with Crippen LogP contribution in [-0.4, -0.2) is 25.5 Å². The molecule has 1 rings (SSSR count). The Hall–Kier alpha value is -1.08. The summed E-state index contributed by atoms with van der Waals surface area (Å²) < 4.78 is 58.2. The van der Waals surface area contributed by atoms with Crippen molar-refractivity contribution in [1.29, 1.82) is 0 Å². The zero-order valence-corrected chi connectivity index (χ0v) is 8.21. The van der Waals surface area contributed by atoms with E-state index in [0.29, 0.717) is 0 Å². The van der Waals surface area contributed by atoms with E-state index in [2.05, 4.69) is 4.74 Å². The molecule has 0 amide bonds. The van der Waals surface area contributed by atoms with Crippen LogP contribution in [0.25, 0.3) is 0 Å². The largest absolute Gasteiger partial charge is 0.467 e. The molecule has 16 heavy (non-hydrogen) atoms. The zero-order valence-electron chi connectivity index (χ0n) is 8.21. The number of furan rings is 1. The van der Waals surface area contributed by atoms with Crippen LogP contribution >= 0.6 is 0 Å². The predicted molar refractivity (Wildman–Crippen MR) is 47.4 cm³/mol. The minimum absolute atomic E-state index is 0.132. The molecule has 1 aromatic rings. The fourth-order valence-corrected chi connectivity index (χ4v) is 1.02. The van der Waals surface area contributed by atoms with Gasteiger partial charge in [0.05, 0.1) is 6.26 Å². The summed E-state index contributed by atoms with van der Waals surface area (Å²) in [5.74, 6) is -3.95. The Kier molecular flexibility index (Phi) is 4.31. The van der Waals surface area contributed by atoms with E-state index in [0.717, 1.165) is 0 Å². The van der Waals surface area contributed by atoms with Gasteiger partial charge in [-0.15, -0.1) is 0 Å². The highest BCUT2D eigenvalue weighted by Gasteiger charge is 2.41. The monoisotopic (exact) mass is 241 g/mol. The number of ether oxygens (including phenoxy) is 1. The molecule has 1 aromatic heterocycles. The Morgan fingerprint density at radius 3 is 2.56 bits per heavy atom. The van der Waals surface area contributed by atoms with Crippen molar-refractivity contribution in [1.82, 2.24) is 0 Å².